The second-order valence-electron chi connectivity index (χ2n) is 6.30. The minimum atomic E-state index is -3.19. The molecule has 0 fully saturated rings. The zero-order valence-electron chi connectivity index (χ0n) is 15.2. The van der Waals surface area contributed by atoms with Crippen molar-refractivity contribution in [2.24, 2.45) is 0 Å². The third kappa shape index (κ3) is 5.76. The van der Waals surface area contributed by atoms with Crippen molar-refractivity contribution in [3.05, 3.63) is 42.0 Å². The van der Waals surface area contributed by atoms with Gasteiger partial charge in [-0.05, 0) is 45.5 Å². The molecule has 5 nitrogen and oxygen atoms in total. The van der Waals surface area contributed by atoms with Gasteiger partial charge in [0.05, 0.1) is 11.4 Å². The lowest BCUT2D eigenvalue weighted by molar-refractivity contribution is -0.132. The maximum Gasteiger partial charge on any atom is 0.237 e. The van der Waals surface area contributed by atoms with Crippen LogP contribution in [0.1, 0.15) is 32.4 Å². The summed E-state index contributed by atoms with van der Waals surface area (Å²) in [7, 11) is -1.30. The summed E-state index contributed by atoms with van der Waals surface area (Å²) in [6, 6.07) is 6.82. The minimum absolute atomic E-state index is 0.00564. The predicted octanol–water partition coefficient (Wildman–Crippen LogP) is 2.51. The molecule has 134 valence electrons. The van der Waals surface area contributed by atoms with E-state index in [2.05, 4.69) is 6.58 Å². The molecule has 1 aromatic carbocycles. The van der Waals surface area contributed by atoms with Crippen LogP contribution in [-0.2, 0) is 14.6 Å². The summed E-state index contributed by atoms with van der Waals surface area (Å²) < 4.78 is 23.0. The summed E-state index contributed by atoms with van der Waals surface area (Å²) in [6.45, 7) is 11.2. The second-order valence-corrected chi connectivity index (χ2v) is 8.31. The molecule has 1 amide bonds. The number of nitrogens with zero attached hydrogens (tertiary/aromatic N) is 2. The first-order chi connectivity index (χ1) is 11.1. The van der Waals surface area contributed by atoms with E-state index in [0.717, 1.165) is 11.1 Å². The number of benzene rings is 1. The standard InChI is InChI=1S/C18H28N2O3S/c1-7-20(12-14(2)3)18(21)13-19(5)15(4)16-8-10-17(11-9-16)24(6,22)23/h8-11,15H,2,7,12-13H2,1,3-6H3. The van der Waals surface area contributed by atoms with Gasteiger partial charge in [-0.2, -0.15) is 0 Å². The third-order valence-electron chi connectivity index (χ3n) is 4.03. The van der Waals surface area contributed by atoms with Gasteiger partial charge in [0.1, 0.15) is 0 Å². The van der Waals surface area contributed by atoms with Crippen LogP contribution in [0.4, 0.5) is 0 Å². The topological polar surface area (TPSA) is 57.7 Å². The van der Waals surface area contributed by atoms with E-state index in [-0.39, 0.29) is 11.9 Å². The van der Waals surface area contributed by atoms with E-state index in [1.807, 2.05) is 32.7 Å². The van der Waals surface area contributed by atoms with Crippen LogP contribution in [-0.4, -0.2) is 57.1 Å². The van der Waals surface area contributed by atoms with Crippen LogP contribution in [0.3, 0.4) is 0 Å². The molecule has 0 radical (unpaired) electrons. The summed E-state index contributed by atoms with van der Waals surface area (Å²) in [5, 5.41) is 0. The van der Waals surface area contributed by atoms with Crippen LogP contribution in [0, 0.1) is 0 Å². The van der Waals surface area contributed by atoms with Crippen molar-refractivity contribution in [1.82, 2.24) is 9.80 Å². The van der Waals surface area contributed by atoms with Crippen molar-refractivity contribution >= 4 is 15.7 Å². The summed E-state index contributed by atoms with van der Waals surface area (Å²) in [5.41, 5.74) is 1.93. The van der Waals surface area contributed by atoms with Crippen LogP contribution in [0.5, 0.6) is 0 Å². The SMILES string of the molecule is C=C(C)CN(CC)C(=O)CN(C)C(C)c1ccc(S(C)(=O)=O)cc1. The Bertz CT molecular complexity index is 681. The first-order valence-electron chi connectivity index (χ1n) is 7.98. The van der Waals surface area contributed by atoms with Crippen LogP contribution in [0.25, 0.3) is 0 Å². The maximum absolute atomic E-state index is 12.4. The summed E-state index contributed by atoms with van der Waals surface area (Å²) in [5.74, 6) is 0.0580. The van der Waals surface area contributed by atoms with Crippen molar-refractivity contribution in [3.63, 3.8) is 0 Å². The molecule has 0 aliphatic heterocycles. The highest BCUT2D eigenvalue weighted by Gasteiger charge is 2.19. The van der Waals surface area contributed by atoms with Gasteiger partial charge in [-0.15, -0.1) is 0 Å². The smallest absolute Gasteiger partial charge is 0.237 e. The Morgan fingerprint density at radius 2 is 1.75 bits per heavy atom. The quantitative estimate of drug-likeness (QED) is 0.675. The molecule has 0 spiro atoms. The fourth-order valence-corrected chi connectivity index (χ4v) is 3.03. The van der Waals surface area contributed by atoms with Gasteiger partial charge in [-0.1, -0.05) is 24.3 Å². The molecule has 24 heavy (non-hydrogen) atoms. The molecule has 1 rings (SSSR count). The molecular weight excluding hydrogens is 324 g/mol. The summed E-state index contributed by atoms with van der Waals surface area (Å²) >= 11 is 0. The lowest BCUT2D eigenvalue weighted by Gasteiger charge is -2.28. The average Bonchev–Trinajstić information content (AvgIpc) is 2.50. The molecule has 0 aliphatic carbocycles. The van der Waals surface area contributed by atoms with E-state index >= 15 is 0 Å². The molecule has 0 aliphatic rings. The molecule has 6 heteroatoms. The number of amides is 1. The van der Waals surface area contributed by atoms with E-state index in [9.17, 15) is 13.2 Å². The average molecular weight is 353 g/mol. The highest BCUT2D eigenvalue weighted by Crippen LogP contribution is 2.20. The Morgan fingerprint density at radius 1 is 1.21 bits per heavy atom. The van der Waals surface area contributed by atoms with Gasteiger partial charge in [0.2, 0.25) is 5.91 Å². The Hall–Kier alpha value is -1.66. The fraction of sp³-hybridized carbons (Fsp3) is 0.500. The lowest BCUT2D eigenvalue weighted by atomic mass is 10.1. The zero-order valence-corrected chi connectivity index (χ0v) is 16.1. The lowest BCUT2D eigenvalue weighted by Crippen LogP contribution is -2.40. The fourth-order valence-electron chi connectivity index (χ4n) is 2.40. The van der Waals surface area contributed by atoms with Gasteiger partial charge in [0.15, 0.2) is 9.84 Å². The van der Waals surface area contributed by atoms with Crippen LogP contribution < -0.4 is 0 Å². The van der Waals surface area contributed by atoms with E-state index < -0.39 is 9.84 Å². The van der Waals surface area contributed by atoms with E-state index in [0.29, 0.717) is 24.5 Å². The number of rotatable bonds is 8. The summed E-state index contributed by atoms with van der Waals surface area (Å²) in [6.07, 6.45) is 1.19. The Morgan fingerprint density at radius 3 is 2.17 bits per heavy atom. The first kappa shape index (κ1) is 20.4. The van der Waals surface area contributed by atoms with Crippen molar-refractivity contribution < 1.29 is 13.2 Å². The molecule has 0 saturated carbocycles. The molecule has 0 heterocycles. The van der Waals surface area contributed by atoms with Crippen molar-refractivity contribution in [2.45, 2.75) is 31.7 Å². The predicted molar refractivity (Wildman–Crippen MR) is 97.7 cm³/mol. The van der Waals surface area contributed by atoms with Gasteiger partial charge in [-0.25, -0.2) is 8.42 Å². The number of likely N-dealkylation sites (N-methyl/N-ethyl adjacent to an activating group) is 2. The van der Waals surface area contributed by atoms with Gasteiger partial charge in [-0.3, -0.25) is 9.69 Å². The molecule has 1 atom stereocenters. The molecule has 0 bridgehead atoms. The van der Waals surface area contributed by atoms with Gasteiger partial charge in [0.25, 0.3) is 0 Å². The molecule has 1 aromatic rings. The molecule has 0 aromatic heterocycles. The van der Waals surface area contributed by atoms with Gasteiger partial charge in [0, 0.05) is 25.4 Å². The maximum atomic E-state index is 12.4. The number of carbonyl (C=O) groups is 1. The van der Waals surface area contributed by atoms with Crippen molar-refractivity contribution in [3.8, 4) is 0 Å². The van der Waals surface area contributed by atoms with Crippen molar-refractivity contribution in [1.29, 1.82) is 0 Å². The highest BCUT2D eigenvalue weighted by atomic mass is 32.2. The zero-order chi connectivity index (χ0) is 18.5. The number of hydrogen-bond acceptors (Lipinski definition) is 4. The Labute approximate surface area is 145 Å². The number of carbonyl (C=O) groups excluding carboxylic acids is 1. The van der Waals surface area contributed by atoms with Crippen LogP contribution >= 0.6 is 0 Å². The Balaban J connectivity index is 2.78. The molecule has 0 N–H and O–H groups in total. The second kappa shape index (κ2) is 8.44. The number of sulfone groups is 1. The van der Waals surface area contributed by atoms with E-state index in [1.165, 1.54) is 6.26 Å². The highest BCUT2D eigenvalue weighted by molar-refractivity contribution is 7.90. The van der Waals surface area contributed by atoms with Gasteiger partial charge < -0.3 is 4.90 Å². The van der Waals surface area contributed by atoms with Crippen LogP contribution in [0.2, 0.25) is 0 Å². The van der Waals surface area contributed by atoms with Crippen molar-refractivity contribution in [2.75, 3.05) is 32.9 Å². The van der Waals surface area contributed by atoms with Crippen LogP contribution in [0.15, 0.2) is 41.3 Å². The third-order valence-corrected chi connectivity index (χ3v) is 5.16. The van der Waals surface area contributed by atoms with E-state index in [1.54, 1.807) is 29.2 Å². The van der Waals surface area contributed by atoms with E-state index in [4.69, 9.17) is 0 Å². The molecule has 0 saturated heterocycles. The molecular formula is C18H28N2O3S. The number of hydrogen-bond donors (Lipinski definition) is 0. The minimum Gasteiger partial charge on any atom is -0.338 e. The van der Waals surface area contributed by atoms with Gasteiger partial charge >= 0.3 is 0 Å². The monoisotopic (exact) mass is 352 g/mol. The summed E-state index contributed by atoms with van der Waals surface area (Å²) in [4.78, 5) is 16.4. The molecule has 1 unspecified atom stereocenters. The first-order valence-corrected chi connectivity index (χ1v) is 9.87. The largest absolute Gasteiger partial charge is 0.338 e. The normalized spacial score (nSPS) is 12.9. The Kier molecular flexibility index (Phi) is 7.17.